The van der Waals surface area contributed by atoms with Crippen LogP contribution in [-0.2, 0) is 16.0 Å². The Balaban J connectivity index is 1.95. The Morgan fingerprint density at radius 3 is 2.25 bits per heavy atom. The van der Waals surface area contributed by atoms with Crippen molar-refractivity contribution >= 4 is 17.7 Å². The van der Waals surface area contributed by atoms with Crippen molar-refractivity contribution in [3.63, 3.8) is 0 Å². The number of unbranched alkanes of at least 4 members (excludes halogenated alkanes) is 1. The van der Waals surface area contributed by atoms with Crippen molar-refractivity contribution in [2.45, 2.75) is 51.6 Å². The first kappa shape index (κ1) is 24.8. The SMILES string of the molecule is CC(C)(C)OC(=O)NC[C@H](C(=O)NCCCCc1ccccc1)c1ccc([N+](=O)[O-])cc1. The van der Waals surface area contributed by atoms with Gasteiger partial charge in [-0.05, 0) is 51.2 Å². The molecule has 2 amide bonds. The number of hydrogen-bond donors (Lipinski definition) is 2. The minimum Gasteiger partial charge on any atom is -0.444 e. The van der Waals surface area contributed by atoms with Crippen molar-refractivity contribution < 1.29 is 19.2 Å². The maximum Gasteiger partial charge on any atom is 0.407 e. The van der Waals surface area contributed by atoms with Crippen molar-refractivity contribution in [3.05, 3.63) is 75.8 Å². The molecule has 1 atom stereocenters. The van der Waals surface area contributed by atoms with E-state index in [1.54, 1.807) is 20.8 Å². The monoisotopic (exact) mass is 441 g/mol. The molecule has 0 aliphatic heterocycles. The number of nitrogens with zero attached hydrogens (tertiary/aromatic N) is 1. The van der Waals surface area contributed by atoms with Crippen LogP contribution in [0.15, 0.2) is 54.6 Å². The Morgan fingerprint density at radius 1 is 1.00 bits per heavy atom. The largest absolute Gasteiger partial charge is 0.444 e. The molecular formula is C24H31N3O5. The summed E-state index contributed by atoms with van der Waals surface area (Å²) < 4.78 is 5.24. The third-order valence-electron chi connectivity index (χ3n) is 4.71. The highest BCUT2D eigenvalue weighted by molar-refractivity contribution is 5.84. The first-order chi connectivity index (χ1) is 15.2. The van der Waals surface area contributed by atoms with Gasteiger partial charge in [0.15, 0.2) is 0 Å². The minimum atomic E-state index is -0.697. The second kappa shape index (κ2) is 11.8. The van der Waals surface area contributed by atoms with Crippen LogP contribution in [0.3, 0.4) is 0 Å². The fourth-order valence-electron chi connectivity index (χ4n) is 3.12. The number of ether oxygens (including phenoxy) is 1. The number of carbonyl (C=O) groups is 2. The van der Waals surface area contributed by atoms with Crippen LogP contribution in [0.25, 0.3) is 0 Å². The number of carbonyl (C=O) groups excluding carboxylic acids is 2. The summed E-state index contributed by atoms with van der Waals surface area (Å²) in [6, 6.07) is 15.9. The topological polar surface area (TPSA) is 111 Å². The van der Waals surface area contributed by atoms with Crippen molar-refractivity contribution in [1.29, 1.82) is 0 Å². The number of nitro benzene ring substituents is 1. The second-order valence-electron chi connectivity index (χ2n) is 8.52. The zero-order valence-electron chi connectivity index (χ0n) is 18.8. The van der Waals surface area contributed by atoms with Crippen LogP contribution in [0.2, 0.25) is 0 Å². The van der Waals surface area contributed by atoms with Gasteiger partial charge in [0, 0.05) is 25.2 Å². The molecule has 172 valence electrons. The summed E-state index contributed by atoms with van der Waals surface area (Å²) in [7, 11) is 0. The maximum absolute atomic E-state index is 12.9. The molecular weight excluding hydrogens is 410 g/mol. The summed E-state index contributed by atoms with van der Waals surface area (Å²) in [5.41, 5.74) is 1.11. The number of alkyl carbamates (subject to hydrolysis) is 1. The van der Waals surface area contributed by atoms with Crippen LogP contribution in [0.4, 0.5) is 10.5 Å². The highest BCUT2D eigenvalue weighted by atomic mass is 16.6. The minimum absolute atomic E-state index is 0.0164. The average molecular weight is 442 g/mol. The van der Waals surface area contributed by atoms with Gasteiger partial charge in [-0.2, -0.15) is 0 Å². The van der Waals surface area contributed by atoms with E-state index in [0.29, 0.717) is 12.1 Å². The molecule has 0 aliphatic carbocycles. The van der Waals surface area contributed by atoms with E-state index >= 15 is 0 Å². The predicted octanol–water partition coefficient (Wildman–Crippen LogP) is 4.34. The molecule has 0 aromatic heterocycles. The van der Waals surface area contributed by atoms with Gasteiger partial charge in [-0.25, -0.2) is 4.79 Å². The molecule has 8 heteroatoms. The van der Waals surface area contributed by atoms with Crippen molar-refractivity contribution in [2.75, 3.05) is 13.1 Å². The standard InChI is InChI=1S/C24H31N3O5/c1-24(2,3)32-23(29)26-17-21(19-12-14-20(15-13-19)27(30)31)22(28)25-16-8-7-11-18-9-5-4-6-10-18/h4-6,9-10,12-15,21H,7-8,11,16-17H2,1-3H3,(H,25,28)(H,26,29)/t21-/m0/s1. The highest BCUT2D eigenvalue weighted by Gasteiger charge is 2.24. The first-order valence-corrected chi connectivity index (χ1v) is 10.7. The molecule has 32 heavy (non-hydrogen) atoms. The van der Waals surface area contributed by atoms with Gasteiger partial charge in [0.2, 0.25) is 5.91 Å². The molecule has 2 aromatic carbocycles. The zero-order chi connectivity index (χ0) is 23.6. The molecule has 0 heterocycles. The smallest absolute Gasteiger partial charge is 0.407 e. The fraction of sp³-hybridized carbons (Fsp3) is 0.417. The van der Waals surface area contributed by atoms with E-state index in [1.165, 1.54) is 29.8 Å². The van der Waals surface area contributed by atoms with Crippen molar-refractivity contribution in [1.82, 2.24) is 10.6 Å². The van der Waals surface area contributed by atoms with E-state index in [0.717, 1.165) is 19.3 Å². The van der Waals surface area contributed by atoms with Gasteiger partial charge in [0.1, 0.15) is 5.60 Å². The number of rotatable bonds is 10. The lowest BCUT2D eigenvalue weighted by molar-refractivity contribution is -0.384. The molecule has 8 nitrogen and oxygen atoms in total. The summed E-state index contributed by atoms with van der Waals surface area (Å²) in [6.45, 7) is 5.78. The molecule has 2 rings (SSSR count). The van der Waals surface area contributed by atoms with Crippen molar-refractivity contribution in [3.8, 4) is 0 Å². The van der Waals surface area contributed by atoms with Crippen LogP contribution >= 0.6 is 0 Å². The van der Waals surface area contributed by atoms with Gasteiger partial charge in [0.05, 0.1) is 10.8 Å². The van der Waals surface area contributed by atoms with E-state index in [2.05, 4.69) is 22.8 Å². The lowest BCUT2D eigenvalue weighted by Crippen LogP contribution is -2.39. The number of nitro groups is 1. The normalized spacial score (nSPS) is 12.0. The van der Waals surface area contributed by atoms with Crippen LogP contribution in [0, 0.1) is 10.1 Å². The highest BCUT2D eigenvalue weighted by Crippen LogP contribution is 2.20. The lowest BCUT2D eigenvalue weighted by atomic mass is 9.97. The van der Waals surface area contributed by atoms with E-state index in [4.69, 9.17) is 4.74 Å². The number of nitrogens with one attached hydrogen (secondary N) is 2. The number of benzene rings is 2. The molecule has 0 unspecified atom stereocenters. The van der Waals surface area contributed by atoms with Gasteiger partial charge < -0.3 is 15.4 Å². The fourth-order valence-corrected chi connectivity index (χ4v) is 3.12. The van der Waals surface area contributed by atoms with E-state index in [9.17, 15) is 19.7 Å². The molecule has 0 spiro atoms. The van der Waals surface area contributed by atoms with Gasteiger partial charge in [-0.15, -0.1) is 0 Å². The van der Waals surface area contributed by atoms with E-state index in [-0.39, 0.29) is 18.1 Å². The summed E-state index contributed by atoms with van der Waals surface area (Å²) in [5.74, 6) is -0.952. The second-order valence-corrected chi connectivity index (χ2v) is 8.52. The van der Waals surface area contributed by atoms with Crippen LogP contribution in [0.1, 0.15) is 50.7 Å². The molecule has 0 aliphatic rings. The Labute approximate surface area is 188 Å². The molecule has 0 fully saturated rings. The van der Waals surface area contributed by atoms with Gasteiger partial charge in [-0.1, -0.05) is 42.5 Å². The third kappa shape index (κ3) is 8.75. The molecule has 0 saturated carbocycles. The Morgan fingerprint density at radius 2 is 1.66 bits per heavy atom. The van der Waals surface area contributed by atoms with Gasteiger partial charge in [0.25, 0.3) is 5.69 Å². The van der Waals surface area contributed by atoms with Gasteiger partial charge >= 0.3 is 6.09 Å². The van der Waals surface area contributed by atoms with Crippen LogP contribution in [-0.4, -0.2) is 35.6 Å². The molecule has 2 aromatic rings. The summed E-state index contributed by atoms with van der Waals surface area (Å²) >= 11 is 0. The molecule has 0 radical (unpaired) electrons. The summed E-state index contributed by atoms with van der Waals surface area (Å²) in [6.07, 6.45) is 2.05. The lowest BCUT2D eigenvalue weighted by Gasteiger charge is -2.22. The van der Waals surface area contributed by atoms with E-state index in [1.807, 2.05) is 18.2 Å². The Hall–Kier alpha value is -3.42. The molecule has 2 N–H and O–H groups in total. The average Bonchev–Trinajstić information content (AvgIpc) is 2.73. The van der Waals surface area contributed by atoms with Crippen molar-refractivity contribution in [2.24, 2.45) is 0 Å². The molecule has 0 saturated heterocycles. The maximum atomic E-state index is 12.9. The predicted molar refractivity (Wildman–Crippen MR) is 122 cm³/mol. The number of non-ortho nitro benzene ring substituents is 1. The van der Waals surface area contributed by atoms with Crippen LogP contribution in [0.5, 0.6) is 0 Å². The molecule has 0 bridgehead atoms. The zero-order valence-corrected chi connectivity index (χ0v) is 18.8. The summed E-state index contributed by atoms with van der Waals surface area (Å²) in [5, 5.41) is 16.5. The quantitative estimate of drug-likeness (QED) is 0.324. The van der Waals surface area contributed by atoms with Gasteiger partial charge in [-0.3, -0.25) is 14.9 Å². The van der Waals surface area contributed by atoms with Crippen LogP contribution < -0.4 is 10.6 Å². The number of amides is 2. The van der Waals surface area contributed by atoms with E-state index < -0.39 is 22.5 Å². The number of hydrogen-bond acceptors (Lipinski definition) is 5. The number of aryl methyl sites for hydroxylation is 1. The third-order valence-corrected chi connectivity index (χ3v) is 4.71. The first-order valence-electron chi connectivity index (χ1n) is 10.7. The summed E-state index contributed by atoms with van der Waals surface area (Å²) in [4.78, 5) is 35.3. The Kier molecular flexibility index (Phi) is 9.19. The Bertz CT molecular complexity index is 892.